The first-order chi connectivity index (χ1) is 25.6. The molecule has 6 rings (SSSR count). The van der Waals surface area contributed by atoms with E-state index in [0.717, 1.165) is 44.9 Å². The lowest BCUT2D eigenvalue weighted by Gasteiger charge is -2.33. The van der Waals surface area contributed by atoms with Gasteiger partial charge in [-0.05, 0) is 70.1 Å². The molecule has 0 saturated heterocycles. The van der Waals surface area contributed by atoms with E-state index in [1.54, 1.807) is 12.2 Å². The zero-order chi connectivity index (χ0) is 36.0. The normalized spacial score (nSPS) is 11.2. The van der Waals surface area contributed by atoms with Crippen LogP contribution >= 0.6 is 0 Å². The van der Waals surface area contributed by atoms with Crippen LogP contribution in [-0.2, 0) is 14.9 Å². The molecule has 0 atom stereocenters. The Balaban J connectivity index is 1.48. The maximum atomic E-state index is 6.35. The van der Waals surface area contributed by atoms with Crippen LogP contribution in [0.2, 0.25) is 0 Å². The van der Waals surface area contributed by atoms with E-state index in [0.29, 0.717) is 39.6 Å². The standard InChI is InChI=1S/C48H46O4/c1-4-29-49-31-33-51-46-27-25-42(35-44(46)39-17-11-7-12-18-39)48(3,41-23-21-38(22-24-41)37-15-9-6-10-16-37)43-26-28-47(52-34-32-50-30-5-2)45(36-43)40-19-13-8-14-20-40/h4-28,35-36H,1-2,29-34H2,3H3. The summed E-state index contributed by atoms with van der Waals surface area (Å²) >= 11 is 0. The van der Waals surface area contributed by atoms with Gasteiger partial charge < -0.3 is 18.9 Å². The van der Waals surface area contributed by atoms with Crippen LogP contribution in [0.1, 0.15) is 23.6 Å². The van der Waals surface area contributed by atoms with Gasteiger partial charge in [0.2, 0.25) is 0 Å². The molecule has 0 aromatic heterocycles. The number of hydrogen-bond acceptors (Lipinski definition) is 4. The second-order valence-electron chi connectivity index (χ2n) is 12.6. The van der Waals surface area contributed by atoms with Crippen LogP contribution in [0.3, 0.4) is 0 Å². The third kappa shape index (κ3) is 8.60. The van der Waals surface area contributed by atoms with Gasteiger partial charge >= 0.3 is 0 Å². The summed E-state index contributed by atoms with van der Waals surface area (Å²) in [6.45, 7) is 12.6. The van der Waals surface area contributed by atoms with Crippen LogP contribution in [0.25, 0.3) is 33.4 Å². The molecule has 0 aliphatic heterocycles. The first kappa shape index (κ1) is 36.1. The number of hydrogen-bond donors (Lipinski definition) is 0. The average Bonchev–Trinajstić information content (AvgIpc) is 3.21. The van der Waals surface area contributed by atoms with Crippen molar-refractivity contribution in [1.29, 1.82) is 0 Å². The van der Waals surface area contributed by atoms with Gasteiger partial charge in [0.25, 0.3) is 0 Å². The number of rotatable bonds is 18. The highest BCUT2D eigenvalue weighted by atomic mass is 16.5. The predicted molar refractivity (Wildman–Crippen MR) is 214 cm³/mol. The summed E-state index contributed by atoms with van der Waals surface area (Å²) < 4.78 is 23.9. The van der Waals surface area contributed by atoms with E-state index in [1.165, 1.54) is 16.7 Å². The Morgan fingerprint density at radius 1 is 0.442 bits per heavy atom. The van der Waals surface area contributed by atoms with E-state index in [2.05, 4.69) is 154 Å². The van der Waals surface area contributed by atoms with E-state index >= 15 is 0 Å². The van der Waals surface area contributed by atoms with Crippen molar-refractivity contribution >= 4 is 0 Å². The van der Waals surface area contributed by atoms with Gasteiger partial charge in [-0.2, -0.15) is 0 Å². The molecule has 6 aromatic rings. The van der Waals surface area contributed by atoms with Crippen molar-refractivity contribution in [2.24, 2.45) is 0 Å². The van der Waals surface area contributed by atoms with Crippen LogP contribution < -0.4 is 9.47 Å². The SMILES string of the molecule is C=CCOCCOc1ccc(C(C)(c2ccc(-c3ccccc3)cc2)c2ccc(OCCOCC=C)c(-c3ccccc3)c2)cc1-c1ccccc1. The number of benzene rings is 6. The Morgan fingerprint density at radius 3 is 1.25 bits per heavy atom. The Morgan fingerprint density at radius 2 is 0.827 bits per heavy atom. The van der Waals surface area contributed by atoms with Crippen molar-refractivity contribution < 1.29 is 18.9 Å². The first-order valence-electron chi connectivity index (χ1n) is 17.8. The maximum absolute atomic E-state index is 6.35. The lowest BCUT2D eigenvalue weighted by molar-refractivity contribution is 0.121. The smallest absolute Gasteiger partial charge is 0.127 e. The van der Waals surface area contributed by atoms with Crippen molar-refractivity contribution in [2.45, 2.75) is 12.3 Å². The monoisotopic (exact) mass is 686 g/mol. The maximum Gasteiger partial charge on any atom is 0.127 e. The Hall–Kier alpha value is -5.68. The lowest BCUT2D eigenvalue weighted by Crippen LogP contribution is -2.26. The highest BCUT2D eigenvalue weighted by molar-refractivity contribution is 5.75. The molecule has 0 aliphatic rings. The molecule has 0 aliphatic carbocycles. The zero-order valence-corrected chi connectivity index (χ0v) is 29.9. The molecular weight excluding hydrogens is 641 g/mol. The van der Waals surface area contributed by atoms with Crippen molar-refractivity contribution in [1.82, 2.24) is 0 Å². The van der Waals surface area contributed by atoms with Gasteiger partial charge in [0.15, 0.2) is 0 Å². The number of ether oxygens (including phenoxy) is 4. The van der Waals surface area contributed by atoms with E-state index in [-0.39, 0.29) is 0 Å². The summed E-state index contributed by atoms with van der Waals surface area (Å²) in [5, 5.41) is 0. The molecular formula is C48H46O4. The second kappa shape index (κ2) is 18.0. The quantitative estimate of drug-likeness (QED) is 0.0512. The zero-order valence-electron chi connectivity index (χ0n) is 29.9. The van der Waals surface area contributed by atoms with Crippen LogP contribution in [0, 0.1) is 0 Å². The third-order valence-corrected chi connectivity index (χ3v) is 9.29. The highest BCUT2D eigenvalue weighted by Gasteiger charge is 2.33. The summed E-state index contributed by atoms with van der Waals surface area (Å²) in [6, 6.07) is 53.5. The molecule has 0 unspecified atom stereocenters. The molecule has 0 radical (unpaired) electrons. The summed E-state index contributed by atoms with van der Waals surface area (Å²) in [7, 11) is 0. The first-order valence-corrected chi connectivity index (χ1v) is 17.8. The van der Waals surface area contributed by atoms with Crippen molar-refractivity contribution in [2.75, 3.05) is 39.6 Å². The molecule has 262 valence electrons. The molecule has 0 saturated carbocycles. The highest BCUT2D eigenvalue weighted by Crippen LogP contribution is 2.45. The molecule has 0 spiro atoms. The summed E-state index contributed by atoms with van der Waals surface area (Å²) in [4.78, 5) is 0. The van der Waals surface area contributed by atoms with Crippen molar-refractivity contribution in [3.8, 4) is 44.9 Å². The fourth-order valence-corrected chi connectivity index (χ4v) is 6.50. The average molecular weight is 687 g/mol. The molecule has 0 heterocycles. The minimum Gasteiger partial charge on any atom is -0.491 e. The molecule has 0 amide bonds. The third-order valence-electron chi connectivity index (χ3n) is 9.29. The Kier molecular flexibility index (Phi) is 12.5. The summed E-state index contributed by atoms with van der Waals surface area (Å²) in [6.07, 6.45) is 3.50. The predicted octanol–water partition coefficient (Wildman–Crippen LogP) is 11.2. The van der Waals surface area contributed by atoms with Gasteiger partial charge in [-0.25, -0.2) is 0 Å². The minimum atomic E-state index is -0.556. The van der Waals surface area contributed by atoms with Gasteiger partial charge in [-0.1, -0.05) is 140 Å². The van der Waals surface area contributed by atoms with E-state index in [1.807, 2.05) is 18.2 Å². The largest absolute Gasteiger partial charge is 0.491 e. The molecule has 4 heteroatoms. The van der Waals surface area contributed by atoms with E-state index < -0.39 is 5.41 Å². The molecule has 0 N–H and O–H groups in total. The Labute approximate surface area is 308 Å². The fraction of sp³-hybridized carbons (Fsp3) is 0.167. The summed E-state index contributed by atoms with van der Waals surface area (Å²) in [5.41, 5.74) is 9.47. The molecule has 0 bridgehead atoms. The molecule has 0 fully saturated rings. The fourth-order valence-electron chi connectivity index (χ4n) is 6.50. The van der Waals surface area contributed by atoms with E-state index in [4.69, 9.17) is 18.9 Å². The van der Waals surface area contributed by atoms with Crippen LogP contribution in [0.15, 0.2) is 177 Å². The molecule has 52 heavy (non-hydrogen) atoms. The second-order valence-corrected chi connectivity index (χ2v) is 12.6. The van der Waals surface area contributed by atoms with Gasteiger partial charge in [-0.15, -0.1) is 13.2 Å². The van der Waals surface area contributed by atoms with Gasteiger partial charge in [0, 0.05) is 16.5 Å². The Bertz CT molecular complexity index is 1910. The topological polar surface area (TPSA) is 36.9 Å². The molecule has 6 aromatic carbocycles. The van der Waals surface area contributed by atoms with Gasteiger partial charge in [-0.3, -0.25) is 0 Å². The van der Waals surface area contributed by atoms with Gasteiger partial charge in [0.1, 0.15) is 24.7 Å². The van der Waals surface area contributed by atoms with Crippen LogP contribution in [-0.4, -0.2) is 39.6 Å². The minimum absolute atomic E-state index is 0.436. The summed E-state index contributed by atoms with van der Waals surface area (Å²) in [5.74, 6) is 1.62. The van der Waals surface area contributed by atoms with Crippen LogP contribution in [0.5, 0.6) is 11.5 Å². The van der Waals surface area contributed by atoms with Crippen molar-refractivity contribution in [3.63, 3.8) is 0 Å². The van der Waals surface area contributed by atoms with E-state index in [9.17, 15) is 0 Å². The van der Waals surface area contributed by atoms with Gasteiger partial charge in [0.05, 0.1) is 26.4 Å². The van der Waals surface area contributed by atoms with Crippen LogP contribution in [0.4, 0.5) is 0 Å². The lowest BCUT2D eigenvalue weighted by atomic mass is 9.70. The molecule has 4 nitrogen and oxygen atoms in total. The van der Waals surface area contributed by atoms with Crippen molar-refractivity contribution in [3.05, 3.63) is 194 Å².